The van der Waals surface area contributed by atoms with E-state index in [1.807, 2.05) is 0 Å². The number of carbonyl (C=O) groups excluding carboxylic acids is 2. The van der Waals surface area contributed by atoms with Crippen molar-refractivity contribution in [1.29, 1.82) is 0 Å². The van der Waals surface area contributed by atoms with Crippen molar-refractivity contribution in [2.45, 2.75) is 26.9 Å². The van der Waals surface area contributed by atoms with Crippen molar-refractivity contribution in [1.82, 2.24) is 23.7 Å². The highest BCUT2D eigenvalue weighted by Crippen LogP contribution is 2.21. The molecule has 0 bridgehead atoms. The Labute approximate surface area is 192 Å². The fraction of sp³-hybridized carbons (Fsp3) is 0.217. The Morgan fingerprint density at radius 1 is 1.12 bits per heavy atom. The molecule has 11 heteroatoms. The van der Waals surface area contributed by atoms with E-state index in [-0.39, 0.29) is 41.7 Å². The number of nitrogens with one attached hydrogen (secondary N) is 1. The molecular formula is C23H21FN6O4. The second-order valence-electron chi connectivity index (χ2n) is 7.90. The molecule has 0 aliphatic heterocycles. The van der Waals surface area contributed by atoms with Crippen LogP contribution < -0.4 is 16.6 Å². The Bertz CT molecular complexity index is 1570. The van der Waals surface area contributed by atoms with E-state index in [0.717, 1.165) is 9.13 Å². The summed E-state index contributed by atoms with van der Waals surface area (Å²) in [7, 11) is 1.44. The zero-order valence-electron chi connectivity index (χ0n) is 18.7. The Kier molecular flexibility index (Phi) is 5.93. The highest BCUT2D eigenvalue weighted by Gasteiger charge is 2.18. The Morgan fingerprint density at radius 2 is 1.88 bits per heavy atom. The number of benzene rings is 1. The number of aryl methyl sites for hydroxylation is 2. The van der Waals surface area contributed by atoms with Crippen LogP contribution in [0.4, 0.5) is 10.2 Å². The number of nitrogens with zero attached hydrogens (tertiary/aromatic N) is 5. The van der Waals surface area contributed by atoms with Gasteiger partial charge in [0.15, 0.2) is 11.2 Å². The zero-order chi connectivity index (χ0) is 24.6. The van der Waals surface area contributed by atoms with Crippen LogP contribution in [0.15, 0.2) is 52.3 Å². The predicted octanol–water partition coefficient (Wildman–Crippen LogP) is 1.63. The van der Waals surface area contributed by atoms with Crippen molar-refractivity contribution in [2.75, 3.05) is 5.32 Å². The normalized spacial score (nSPS) is 11.1. The molecule has 0 spiro atoms. The maximum atomic E-state index is 13.6. The van der Waals surface area contributed by atoms with Crippen LogP contribution in [0.1, 0.15) is 12.5 Å². The molecule has 0 atom stereocenters. The number of anilines is 1. The summed E-state index contributed by atoms with van der Waals surface area (Å²) in [5.74, 6) is -0.883. The van der Waals surface area contributed by atoms with Crippen LogP contribution in [0, 0.1) is 12.7 Å². The van der Waals surface area contributed by atoms with E-state index in [0.29, 0.717) is 16.8 Å². The van der Waals surface area contributed by atoms with Crippen molar-refractivity contribution in [3.8, 4) is 11.3 Å². The number of rotatable bonds is 6. The third-order valence-electron chi connectivity index (χ3n) is 5.27. The molecule has 174 valence electrons. The molecule has 34 heavy (non-hydrogen) atoms. The molecule has 0 radical (unpaired) electrons. The largest absolute Gasteiger partial charge is 0.332 e. The van der Waals surface area contributed by atoms with Gasteiger partial charge in [-0.3, -0.25) is 23.5 Å². The van der Waals surface area contributed by atoms with Gasteiger partial charge in [0.25, 0.3) is 5.56 Å². The van der Waals surface area contributed by atoms with Gasteiger partial charge in [-0.1, -0.05) is 6.07 Å². The molecule has 0 saturated carbocycles. The van der Waals surface area contributed by atoms with E-state index >= 15 is 0 Å². The predicted molar refractivity (Wildman–Crippen MR) is 123 cm³/mol. The lowest BCUT2D eigenvalue weighted by atomic mass is 10.1. The molecule has 3 heterocycles. The number of imidazole rings is 1. The molecule has 0 fully saturated rings. The molecule has 1 amide bonds. The molecule has 0 saturated heterocycles. The smallest absolute Gasteiger partial charge is 0.315 e. The fourth-order valence-electron chi connectivity index (χ4n) is 3.61. The summed E-state index contributed by atoms with van der Waals surface area (Å²) in [6, 6.07) is 9.67. The Hall–Kier alpha value is -4.41. The van der Waals surface area contributed by atoms with Gasteiger partial charge >= 0.3 is 5.69 Å². The lowest BCUT2D eigenvalue weighted by Gasteiger charge is -2.10. The average Bonchev–Trinajstić information content (AvgIpc) is 3.20. The number of ketones is 1. The lowest BCUT2D eigenvalue weighted by Crippen LogP contribution is -2.41. The number of aromatic nitrogens is 5. The van der Waals surface area contributed by atoms with Gasteiger partial charge in [0.1, 0.15) is 24.0 Å². The number of fused-ring (bicyclic) bond motifs is 1. The number of carbonyl (C=O) groups is 2. The van der Waals surface area contributed by atoms with Crippen LogP contribution in [0.25, 0.3) is 22.4 Å². The van der Waals surface area contributed by atoms with Gasteiger partial charge in [-0.25, -0.2) is 19.2 Å². The first-order valence-electron chi connectivity index (χ1n) is 10.3. The number of amides is 1. The van der Waals surface area contributed by atoms with Gasteiger partial charge < -0.3 is 9.88 Å². The van der Waals surface area contributed by atoms with E-state index in [1.54, 1.807) is 37.3 Å². The van der Waals surface area contributed by atoms with Crippen molar-refractivity contribution in [3.63, 3.8) is 0 Å². The first kappa shape index (κ1) is 22.8. The number of pyridine rings is 1. The highest BCUT2D eigenvalue weighted by atomic mass is 19.1. The van der Waals surface area contributed by atoms with Crippen LogP contribution >= 0.6 is 0 Å². The minimum atomic E-state index is -0.703. The second kappa shape index (κ2) is 8.85. The fourth-order valence-corrected chi connectivity index (χ4v) is 3.61. The molecule has 4 aromatic rings. The molecule has 1 N–H and O–H groups in total. The summed E-state index contributed by atoms with van der Waals surface area (Å²) in [4.78, 5) is 58.0. The summed E-state index contributed by atoms with van der Waals surface area (Å²) >= 11 is 0. The Balaban J connectivity index is 1.62. The number of Topliss-reactive ketones (excluding diaryl/α,β-unsaturated/α-hetero) is 1. The van der Waals surface area contributed by atoms with Gasteiger partial charge in [0, 0.05) is 12.6 Å². The van der Waals surface area contributed by atoms with Crippen LogP contribution in [0.3, 0.4) is 0 Å². The van der Waals surface area contributed by atoms with Crippen LogP contribution in [-0.4, -0.2) is 35.4 Å². The lowest BCUT2D eigenvalue weighted by molar-refractivity contribution is -0.118. The second-order valence-corrected chi connectivity index (χ2v) is 7.90. The summed E-state index contributed by atoms with van der Waals surface area (Å²) in [5.41, 5.74) is 0.491. The quantitative estimate of drug-likeness (QED) is 0.463. The Morgan fingerprint density at radius 3 is 2.59 bits per heavy atom. The van der Waals surface area contributed by atoms with E-state index in [9.17, 15) is 23.6 Å². The van der Waals surface area contributed by atoms with Crippen molar-refractivity contribution in [2.24, 2.45) is 7.05 Å². The SMILES string of the molecule is CC(=O)Cn1c(=O)c2c(ncn2CC(=O)Nc2cccc(-c3ccc(F)c(C)c3)n2)n(C)c1=O. The van der Waals surface area contributed by atoms with Crippen LogP contribution in [-0.2, 0) is 29.7 Å². The van der Waals surface area contributed by atoms with E-state index in [4.69, 9.17) is 0 Å². The third kappa shape index (κ3) is 4.27. The first-order chi connectivity index (χ1) is 16.2. The standard InChI is InChI=1S/C23H21FN6O4/c1-13-9-15(7-8-16(13)24)17-5-4-6-18(26-17)27-19(32)11-29-12-25-21-20(29)22(33)30(10-14(2)31)23(34)28(21)3/h4-9,12H,10-11H2,1-3H3,(H,26,27,32). The molecule has 1 aromatic carbocycles. The monoisotopic (exact) mass is 464 g/mol. The minimum absolute atomic E-state index is 0.0296. The van der Waals surface area contributed by atoms with Gasteiger partial charge in [-0.05, 0) is 49.7 Å². The van der Waals surface area contributed by atoms with E-state index in [2.05, 4.69) is 15.3 Å². The molecule has 0 aliphatic rings. The number of hydrogen-bond donors (Lipinski definition) is 1. The van der Waals surface area contributed by atoms with Gasteiger partial charge in [-0.2, -0.15) is 0 Å². The van der Waals surface area contributed by atoms with Crippen molar-refractivity contribution < 1.29 is 14.0 Å². The van der Waals surface area contributed by atoms with Crippen LogP contribution in [0.5, 0.6) is 0 Å². The van der Waals surface area contributed by atoms with Crippen molar-refractivity contribution >= 4 is 28.7 Å². The van der Waals surface area contributed by atoms with Crippen LogP contribution in [0.2, 0.25) is 0 Å². The maximum absolute atomic E-state index is 13.6. The summed E-state index contributed by atoms with van der Waals surface area (Å²) < 4.78 is 16.9. The minimum Gasteiger partial charge on any atom is -0.315 e. The molecule has 10 nitrogen and oxygen atoms in total. The third-order valence-corrected chi connectivity index (χ3v) is 5.27. The molecule has 3 aromatic heterocycles. The molecule has 0 unspecified atom stereocenters. The first-order valence-corrected chi connectivity index (χ1v) is 10.3. The number of hydrogen-bond acceptors (Lipinski definition) is 6. The summed E-state index contributed by atoms with van der Waals surface area (Å²) in [6.07, 6.45) is 1.29. The zero-order valence-corrected chi connectivity index (χ0v) is 18.7. The molecule has 0 aliphatic carbocycles. The van der Waals surface area contributed by atoms with Gasteiger partial charge in [0.05, 0.1) is 18.6 Å². The van der Waals surface area contributed by atoms with Crippen molar-refractivity contribution in [3.05, 3.63) is 74.9 Å². The maximum Gasteiger partial charge on any atom is 0.332 e. The highest BCUT2D eigenvalue weighted by molar-refractivity contribution is 5.90. The van der Waals surface area contributed by atoms with Gasteiger partial charge in [0.2, 0.25) is 5.91 Å². The topological polar surface area (TPSA) is 121 Å². The number of halogens is 1. The molecule has 4 rings (SSSR count). The summed E-state index contributed by atoms with van der Waals surface area (Å²) in [5, 5.41) is 2.67. The average molecular weight is 464 g/mol. The molecular weight excluding hydrogens is 443 g/mol. The van der Waals surface area contributed by atoms with E-state index in [1.165, 1.54) is 30.9 Å². The summed E-state index contributed by atoms with van der Waals surface area (Å²) in [6.45, 7) is 2.28. The van der Waals surface area contributed by atoms with E-state index < -0.39 is 17.2 Å². The van der Waals surface area contributed by atoms with Gasteiger partial charge in [-0.15, -0.1) is 0 Å².